The molecule has 1 aromatic rings. The Morgan fingerprint density at radius 2 is 2.05 bits per heavy atom. The first-order valence-electron chi connectivity index (χ1n) is 8.01. The Morgan fingerprint density at radius 3 is 2.64 bits per heavy atom. The predicted octanol–water partition coefficient (Wildman–Crippen LogP) is 2.27. The fourth-order valence-electron chi connectivity index (χ4n) is 2.71. The van der Waals surface area contributed by atoms with Crippen molar-refractivity contribution in [2.75, 3.05) is 19.7 Å². The van der Waals surface area contributed by atoms with Gasteiger partial charge in [-0.05, 0) is 31.7 Å². The van der Waals surface area contributed by atoms with Gasteiger partial charge in [0.05, 0.1) is 12.6 Å². The number of aromatic nitrogens is 2. The third-order valence-corrected chi connectivity index (χ3v) is 3.87. The molecule has 1 saturated heterocycles. The molecule has 0 bridgehead atoms. The van der Waals surface area contributed by atoms with Crippen molar-refractivity contribution in [1.29, 1.82) is 0 Å². The number of amides is 1. The third-order valence-electron chi connectivity index (χ3n) is 3.87. The van der Waals surface area contributed by atoms with E-state index < -0.39 is 0 Å². The number of rotatable bonds is 5. The van der Waals surface area contributed by atoms with Crippen LogP contribution in [0.1, 0.15) is 56.6 Å². The van der Waals surface area contributed by atoms with E-state index in [-0.39, 0.29) is 17.9 Å². The zero-order valence-electron chi connectivity index (χ0n) is 13.6. The van der Waals surface area contributed by atoms with E-state index in [1.165, 1.54) is 0 Å². The van der Waals surface area contributed by atoms with E-state index in [2.05, 4.69) is 18.9 Å². The van der Waals surface area contributed by atoms with Crippen molar-refractivity contribution in [3.63, 3.8) is 0 Å². The zero-order chi connectivity index (χ0) is 16.1. The Labute approximate surface area is 131 Å². The summed E-state index contributed by atoms with van der Waals surface area (Å²) in [4.78, 5) is 25.6. The van der Waals surface area contributed by atoms with Crippen molar-refractivity contribution in [2.45, 2.75) is 46.1 Å². The van der Waals surface area contributed by atoms with Gasteiger partial charge < -0.3 is 9.64 Å². The van der Waals surface area contributed by atoms with Crippen LogP contribution >= 0.6 is 0 Å². The zero-order valence-corrected chi connectivity index (χ0v) is 13.6. The molecule has 0 saturated carbocycles. The smallest absolute Gasteiger partial charge is 0.358 e. The molecule has 0 aromatic carbocycles. The maximum Gasteiger partial charge on any atom is 0.358 e. The van der Waals surface area contributed by atoms with Crippen LogP contribution in [0.3, 0.4) is 0 Å². The van der Waals surface area contributed by atoms with Crippen LogP contribution in [0.2, 0.25) is 0 Å². The van der Waals surface area contributed by atoms with E-state index >= 15 is 0 Å². The summed E-state index contributed by atoms with van der Waals surface area (Å²) >= 11 is 0. The van der Waals surface area contributed by atoms with Gasteiger partial charge >= 0.3 is 5.97 Å². The van der Waals surface area contributed by atoms with E-state index in [9.17, 15) is 9.59 Å². The average Bonchev–Trinajstić information content (AvgIpc) is 2.97. The largest absolute Gasteiger partial charge is 0.461 e. The number of ether oxygens (including phenoxy) is 1. The van der Waals surface area contributed by atoms with Gasteiger partial charge in [-0.3, -0.25) is 9.48 Å². The molecule has 0 N–H and O–H groups in total. The second kappa shape index (κ2) is 7.42. The van der Waals surface area contributed by atoms with Crippen molar-refractivity contribution in [1.82, 2.24) is 14.7 Å². The molecule has 1 fully saturated rings. The Bertz CT molecular complexity index is 516. The molecule has 0 spiro atoms. The maximum absolute atomic E-state index is 12.1. The summed E-state index contributed by atoms with van der Waals surface area (Å²) in [6.45, 7) is 7.76. The summed E-state index contributed by atoms with van der Waals surface area (Å²) in [6, 6.07) is 1.93. The second-order valence-corrected chi connectivity index (χ2v) is 6.11. The molecule has 1 amide bonds. The minimum atomic E-state index is -0.384. The fourth-order valence-corrected chi connectivity index (χ4v) is 2.71. The highest BCUT2D eigenvalue weighted by Gasteiger charge is 2.25. The van der Waals surface area contributed by atoms with Gasteiger partial charge in [0.25, 0.3) is 0 Å². The topological polar surface area (TPSA) is 64.4 Å². The first kappa shape index (κ1) is 16.5. The van der Waals surface area contributed by atoms with E-state index in [4.69, 9.17) is 4.74 Å². The van der Waals surface area contributed by atoms with Crippen LogP contribution in [0, 0.1) is 5.92 Å². The average molecular weight is 307 g/mol. The molecule has 1 aliphatic heterocycles. The van der Waals surface area contributed by atoms with Crippen molar-refractivity contribution in [2.24, 2.45) is 5.92 Å². The lowest BCUT2D eigenvalue weighted by Crippen LogP contribution is -2.39. The Morgan fingerprint density at radius 1 is 1.36 bits per heavy atom. The van der Waals surface area contributed by atoms with Gasteiger partial charge in [0, 0.05) is 25.7 Å². The first-order chi connectivity index (χ1) is 10.5. The van der Waals surface area contributed by atoms with Gasteiger partial charge in [-0.25, -0.2) is 4.79 Å². The van der Waals surface area contributed by atoms with Gasteiger partial charge in [-0.15, -0.1) is 0 Å². The van der Waals surface area contributed by atoms with Crippen LogP contribution in [-0.2, 0) is 9.53 Å². The Hall–Kier alpha value is -1.85. The van der Waals surface area contributed by atoms with Crippen LogP contribution in [0.5, 0.6) is 0 Å². The molecule has 0 unspecified atom stereocenters. The number of hydrogen-bond acceptors (Lipinski definition) is 4. The molecule has 0 aliphatic carbocycles. The summed E-state index contributed by atoms with van der Waals surface area (Å²) in [6.07, 6.45) is 4.17. The van der Waals surface area contributed by atoms with Crippen LogP contribution < -0.4 is 0 Å². The summed E-state index contributed by atoms with van der Waals surface area (Å²) in [5, 5.41) is 4.31. The van der Waals surface area contributed by atoms with Gasteiger partial charge in [0.15, 0.2) is 5.69 Å². The van der Waals surface area contributed by atoms with Crippen molar-refractivity contribution in [3.8, 4) is 0 Å². The highest BCUT2D eigenvalue weighted by Crippen LogP contribution is 2.23. The number of likely N-dealkylation sites (tertiary alicyclic amines) is 1. The number of esters is 1. The van der Waals surface area contributed by atoms with E-state index in [1.54, 1.807) is 13.0 Å². The molecule has 0 radical (unpaired) electrons. The number of carbonyl (C=O) groups excluding carboxylic acids is 2. The molecule has 122 valence electrons. The lowest BCUT2D eigenvalue weighted by molar-refractivity contribution is -0.133. The van der Waals surface area contributed by atoms with Crippen LogP contribution in [0.4, 0.5) is 0 Å². The normalized spacial score (nSPS) is 16.1. The van der Waals surface area contributed by atoms with Crippen molar-refractivity contribution >= 4 is 11.9 Å². The molecule has 22 heavy (non-hydrogen) atoms. The number of hydrogen-bond donors (Lipinski definition) is 0. The van der Waals surface area contributed by atoms with Gasteiger partial charge in [0.1, 0.15) is 0 Å². The molecule has 6 nitrogen and oxygen atoms in total. The van der Waals surface area contributed by atoms with Crippen molar-refractivity contribution < 1.29 is 14.3 Å². The molecular formula is C16H25N3O3. The molecular weight excluding hydrogens is 282 g/mol. The molecule has 2 heterocycles. The molecule has 0 atom stereocenters. The summed E-state index contributed by atoms with van der Waals surface area (Å²) in [5.74, 6) is 0.246. The first-order valence-corrected chi connectivity index (χ1v) is 8.01. The Balaban J connectivity index is 1.89. The van der Waals surface area contributed by atoms with Crippen LogP contribution in [0.15, 0.2) is 12.3 Å². The molecule has 1 aromatic heterocycles. The maximum atomic E-state index is 12.1. The standard InChI is InChI=1S/C16H25N3O3/c1-4-22-16(21)14-7-10-19(17-14)13-5-8-18(9-6-13)15(20)11-12(2)3/h7,10,12-13H,4-6,8-9,11H2,1-3H3. The third kappa shape index (κ3) is 4.08. The fraction of sp³-hybridized carbons (Fsp3) is 0.688. The van der Waals surface area contributed by atoms with E-state index in [0.29, 0.717) is 24.6 Å². The highest BCUT2D eigenvalue weighted by atomic mass is 16.5. The molecule has 2 rings (SSSR count). The SMILES string of the molecule is CCOC(=O)c1ccn(C2CCN(C(=O)CC(C)C)CC2)n1. The summed E-state index contributed by atoms with van der Waals surface area (Å²) in [5.41, 5.74) is 0.347. The van der Waals surface area contributed by atoms with Crippen LogP contribution in [-0.4, -0.2) is 46.3 Å². The van der Waals surface area contributed by atoms with E-state index in [1.807, 2.05) is 15.8 Å². The Kier molecular flexibility index (Phi) is 5.57. The summed E-state index contributed by atoms with van der Waals surface area (Å²) in [7, 11) is 0. The highest BCUT2D eigenvalue weighted by molar-refractivity contribution is 5.87. The minimum absolute atomic E-state index is 0.237. The molecule has 1 aliphatic rings. The predicted molar refractivity (Wildman–Crippen MR) is 82.5 cm³/mol. The second-order valence-electron chi connectivity index (χ2n) is 6.11. The number of piperidine rings is 1. The quantitative estimate of drug-likeness (QED) is 0.783. The van der Waals surface area contributed by atoms with E-state index in [0.717, 1.165) is 25.9 Å². The lowest BCUT2D eigenvalue weighted by atomic mass is 10.0. The lowest BCUT2D eigenvalue weighted by Gasteiger charge is -2.32. The van der Waals surface area contributed by atoms with Crippen LogP contribution in [0.25, 0.3) is 0 Å². The van der Waals surface area contributed by atoms with Gasteiger partial charge in [-0.2, -0.15) is 5.10 Å². The van der Waals surface area contributed by atoms with Crippen molar-refractivity contribution in [3.05, 3.63) is 18.0 Å². The number of carbonyl (C=O) groups is 2. The minimum Gasteiger partial charge on any atom is -0.461 e. The molecule has 6 heteroatoms. The van der Waals surface area contributed by atoms with Gasteiger partial charge in [0.2, 0.25) is 5.91 Å². The van der Waals surface area contributed by atoms with Gasteiger partial charge in [-0.1, -0.05) is 13.8 Å². The summed E-state index contributed by atoms with van der Waals surface area (Å²) < 4.78 is 6.78. The monoisotopic (exact) mass is 307 g/mol. The number of nitrogens with zero attached hydrogens (tertiary/aromatic N) is 3.